The van der Waals surface area contributed by atoms with Gasteiger partial charge in [-0.2, -0.15) is 0 Å². The van der Waals surface area contributed by atoms with E-state index in [0.717, 1.165) is 6.54 Å². The van der Waals surface area contributed by atoms with Crippen molar-refractivity contribution in [3.05, 3.63) is 46.5 Å². The Labute approximate surface area is 99.6 Å². The zero-order chi connectivity index (χ0) is 12.1. The molecule has 1 heteroatoms. The van der Waals surface area contributed by atoms with E-state index in [1.54, 1.807) is 0 Å². The highest BCUT2D eigenvalue weighted by Gasteiger charge is 2.04. The van der Waals surface area contributed by atoms with Crippen molar-refractivity contribution in [2.24, 2.45) is 0 Å². The Morgan fingerprint density at radius 1 is 1.19 bits per heavy atom. The molecule has 1 aromatic carbocycles. The summed E-state index contributed by atoms with van der Waals surface area (Å²) >= 11 is 0. The van der Waals surface area contributed by atoms with Gasteiger partial charge in [0.1, 0.15) is 0 Å². The number of benzene rings is 1. The minimum atomic E-state index is 0.411. The van der Waals surface area contributed by atoms with E-state index in [2.05, 4.69) is 64.2 Å². The van der Waals surface area contributed by atoms with Crippen LogP contribution in [-0.2, 0) is 0 Å². The highest BCUT2D eigenvalue weighted by Crippen LogP contribution is 2.16. The van der Waals surface area contributed by atoms with Gasteiger partial charge in [-0.25, -0.2) is 0 Å². The fraction of sp³-hybridized carbons (Fsp3) is 0.467. The predicted octanol–water partition coefficient (Wildman–Crippen LogP) is 3.92. The third kappa shape index (κ3) is 4.19. The predicted molar refractivity (Wildman–Crippen MR) is 71.8 cm³/mol. The molecule has 1 rings (SSSR count). The molecule has 0 radical (unpaired) electrons. The molecule has 1 nitrogen and oxygen atoms in total. The molecule has 0 spiro atoms. The summed E-state index contributed by atoms with van der Waals surface area (Å²) in [5.41, 5.74) is 5.41. The first-order valence-electron chi connectivity index (χ1n) is 5.94. The zero-order valence-electron chi connectivity index (χ0n) is 11.1. The molecular formula is C15H23N. The summed E-state index contributed by atoms with van der Waals surface area (Å²) in [5, 5.41) is 3.51. The van der Waals surface area contributed by atoms with Crippen molar-refractivity contribution >= 4 is 0 Å². The molecule has 0 amide bonds. The largest absolute Gasteiger partial charge is 0.307 e. The Balaban J connectivity index is 2.65. The average Bonchev–Trinajstić information content (AvgIpc) is 2.15. The highest BCUT2D eigenvalue weighted by molar-refractivity contribution is 5.30. The molecule has 0 aromatic heterocycles. The molecule has 0 saturated carbocycles. The maximum Gasteiger partial charge on any atom is 0.0294 e. The van der Waals surface area contributed by atoms with Crippen LogP contribution in [0.5, 0.6) is 0 Å². The van der Waals surface area contributed by atoms with Gasteiger partial charge in [-0.05, 0) is 40.2 Å². The van der Waals surface area contributed by atoms with Crippen LogP contribution in [0.15, 0.2) is 29.8 Å². The van der Waals surface area contributed by atoms with Gasteiger partial charge in [-0.15, -0.1) is 0 Å². The Hall–Kier alpha value is -1.08. The average molecular weight is 217 g/mol. The van der Waals surface area contributed by atoms with Crippen molar-refractivity contribution in [2.45, 2.75) is 40.7 Å². The molecule has 0 bridgehead atoms. The Morgan fingerprint density at radius 2 is 1.75 bits per heavy atom. The SMILES string of the molecule is CC(C)=CCNC(C)c1cc(C)cc(C)c1. The molecule has 88 valence electrons. The molecule has 1 N–H and O–H groups in total. The van der Waals surface area contributed by atoms with Gasteiger partial charge in [-0.3, -0.25) is 0 Å². The number of hydrogen-bond donors (Lipinski definition) is 1. The molecule has 1 atom stereocenters. The van der Waals surface area contributed by atoms with Gasteiger partial charge in [0.05, 0.1) is 0 Å². The van der Waals surface area contributed by atoms with Crippen LogP contribution in [0.1, 0.15) is 43.5 Å². The first kappa shape index (κ1) is 13.0. The molecular weight excluding hydrogens is 194 g/mol. The van der Waals surface area contributed by atoms with E-state index in [1.165, 1.54) is 22.3 Å². The molecule has 1 unspecified atom stereocenters. The van der Waals surface area contributed by atoms with Gasteiger partial charge in [-0.1, -0.05) is 41.0 Å². The maximum atomic E-state index is 3.51. The standard InChI is InChI=1S/C15H23N/c1-11(2)6-7-16-14(5)15-9-12(3)8-13(4)10-15/h6,8-10,14,16H,7H2,1-5H3. The fourth-order valence-electron chi connectivity index (χ4n) is 1.82. The molecule has 0 aliphatic rings. The number of aryl methyl sites for hydroxylation is 2. The third-order valence-corrected chi connectivity index (χ3v) is 2.68. The minimum absolute atomic E-state index is 0.411. The highest BCUT2D eigenvalue weighted by atomic mass is 14.9. The Bertz CT molecular complexity index is 353. The van der Waals surface area contributed by atoms with E-state index < -0.39 is 0 Å². The minimum Gasteiger partial charge on any atom is -0.307 e. The van der Waals surface area contributed by atoms with Crippen LogP contribution in [0.4, 0.5) is 0 Å². The van der Waals surface area contributed by atoms with E-state index in [1.807, 2.05) is 0 Å². The lowest BCUT2D eigenvalue weighted by molar-refractivity contribution is 0.615. The summed E-state index contributed by atoms with van der Waals surface area (Å²) < 4.78 is 0. The fourth-order valence-corrected chi connectivity index (χ4v) is 1.82. The lowest BCUT2D eigenvalue weighted by Gasteiger charge is -2.14. The van der Waals surface area contributed by atoms with Gasteiger partial charge in [0, 0.05) is 12.6 Å². The van der Waals surface area contributed by atoms with E-state index in [-0.39, 0.29) is 0 Å². The van der Waals surface area contributed by atoms with E-state index in [9.17, 15) is 0 Å². The zero-order valence-corrected chi connectivity index (χ0v) is 11.1. The molecule has 0 heterocycles. The normalized spacial score (nSPS) is 12.3. The number of nitrogens with one attached hydrogen (secondary N) is 1. The van der Waals surface area contributed by atoms with Gasteiger partial charge in [0.25, 0.3) is 0 Å². The van der Waals surface area contributed by atoms with Crippen molar-refractivity contribution < 1.29 is 0 Å². The van der Waals surface area contributed by atoms with Crippen molar-refractivity contribution in [3.8, 4) is 0 Å². The summed E-state index contributed by atoms with van der Waals surface area (Å²) in [4.78, 5) is 0. The third-order valence-electron chi connectivity index (χ3n) is 2.68. The van der Waals surface area contributed by atoms with Crippen LogP contribution in [0.25, 0.3) is 0 Å². The van der Waals surface area contributed by atoms with Crippen molar-refractivity contribution in [1.82, 2.24) is 5.32 Å². The molecule has 0 aliphatic heterocycles. The monoisotopic (exact) mass is 217 g/mol. The van der Waals surface area contributed by atoms with Crippen molar-refractivity contribution in [3.63, 3.8) is 0 Å². The van der Waals surface area contributed by atoms with E-state index in [4.69, 9.17) is 0 Å². The number of allylic oxidation sites excluding steroid dienone is 1. The lowest BCUT2D eigenvalue weighted by atomic mass is 10.0. The van der Waals surface area contributed by atoms with Crippen LogP contribution in [0.2, 0.25) is 0 Å². The Morgan fingerprint density at radius 3 is 2.25 bits per heavy atom. The quantitative estimate of drug-likeness (QED) is 0.754. The smallest absolute Gasteiger partial charge is 0.0294 e. The second-order valence-corrected chi connectivity index (χ2v) is 4.83. The van der Waals surface area contributed by atoms with Crippen LogP contribution < -0.4 is 5.32 Å². The van der Waals surface area contributed by atoms with E-state index in [0.29, 0.717) is 6.04 Å². The summed E-state index contributed by atoms with van der Waals surface area (Å²) in [7, 11) is 0. The van der Waals surface area contributed by atoms with Crippen molar-refractivity contribution in [1.29, 1.82) is 0 Å². The molecule has 0 saturated heterocycles. The van der Waals surface area contributed by atoms with Gasteiger partial charge in [0.15, 0.2) is 0 Å². The van der Waals surface area contributed by atoms with Crippen molar-refractivity contribution in [2.75, 3.05) is 6.54 Å². The second kappa shape index (κ2) is 5.86. The van der Waals surface area contributed by atoms with Gasteiger partial charge >= 0.3 is 0 Å². The summed E-state index contributed by atoms with van der Waals surface area (Å²) in [6, 6.07) is 7.14. The lowest BCUT2D eigenvalue weighted by Crippen LogP contribution is -2.18. The van der Waals surface area contributed by atoms with E-state index >= 15 is 0 Å². The topological polar surface area (TPSA) is 12.0 Å². The summed E-state index contributed by atoms with van der Waals surface area (Å²) in [6.07, 6.45) is 2.22. The van der Waals surface area contributed by atoms with Crippen LogP contribution in [0, 0.1) is 13.8 Å². The summed E-state index contributed by atoms with van der Waals surface area (Å²) in [6.45, 7) is 11.7. The molecule has 1 aromatic rings. The first-order chi connectivity index (χ1) is 7.49. The van der Waals surface area contributed by atoms with Crippen LogP contribution in [-0.4, -0.2) is 6.54 Å². The van der Waals surface area contributed by atoms with Crippen LogP contribution >= 0.6 is 0 Å². The number of rotatable bonds is 4. The Kier molecular flexibility index (Phi) is 4.75. The molecule has 0 fully saturated rings. The first-order valence-corrected chi connectivity index (χ1v) is 5.94. The molecule has 0 aliphatic carbocycles. The maximum absolute atomic E-state index is 3.51. The number of hydrogen-bond acceptors (Lipinski definition) is 1. The van der Waals surface area contributed by atoms with Gasteiger partial charge in [0.2, 0.25) is 0 Å². The molecule has 16 heavy (non-hydrogen) atoms. The second-order valence-electron chi connectivity index (χ2n) is 4.83. The van der Waals surface area contributed by atoms with Crippen LogP contribution in [0.3, 0.4) is 0 Å². The van der Waals surface area contributed by atoms with Gasteiger partial charge < -0.3 is 5.32 Å². The summed E-state index contributed by atoms with van der Waals surface area (Å²) in [5.74, 6) is 0.